The van der Waals surface area contributed by atoms with Crippen LogP contribution >= 0.6 is 0 Å². The summed E-state index contributed by atoms with van der Waals surface area (Å²) in [4.78, 5) is 41.6. The molecule has 0 aliphatic rings. The van der Waals surface area contributed by atoms with E-state index in [4.69, 9.17) is 18.9 Å². The van der Waals surface area contributed by atoms with Crippen LogP contribution in [-0.2, 0) is 44.7 Å². The number of ether oxygens (including phenoxy) is 4. The van der Waals surface area contributed by atoms with Crippen molar-refractivity contribution in [3.8, 4) is 6.01 Å². The molecule has 0 amide bonds. The van der Waals surface area contributed by atoms with Crippen molar-refractivity contribution in [2.24, 2.45) is 0 Å². The normalized spacial score (nSPS) is 12.3. The van der Waals surface area contributed by atoms with Gasteiger partial charge in [-0.25, -0.2) is 37.9 Å². The molecule has 2 atom stereocenters. The lowest BCUT2D eigenvalue weighted by molar-refractivity contribution is -0.169. The largest absolute Gasteiger partial charge is 0.464 e. The molecule has 64 heavy (non-hydrogen) atoms. The fourth-order valence-corrected chi connectivity index (χ4v) is 7.69. The number of rotatable bonds is 15. The Bertz CT molecular complexity index is 2390. The van der Waals surface area contributed by atoms with E-state index < -0.39 is 45.0 Å². The number of carbonyl (C=O) groups is 2. The summed E-state index contributed by atoms with van der Waals surface area (Å²) in [6.07, 6.45) is -1.57. The van der Waals surface area contributed by atoms with Crippen molar-refractivity contribution in [1.29, 1.82) is 0 Å². The number of nitrogens with zero attached hydrogens (tertiary/aromatic N) is 4. The first-order valence-electron chi connectivity index (χ1n) is 20.5. The van der Waals surface area contributed by atoms with Gasteiger partial charge in [-0.1, -0.05) is 121 Å². The summed E-state index contributed by atoms with van der Waals surface area (Å²) in [5.74, 6) is -1.31. The van der Waals surface area contributed by atoms with Gasteiger partial charge in [-0.15, -0.1) is 0 Å². The number of aliphatic hydroxyl groups is 2. The summed E-state index contributed by atoms with van der Waals surface area (Å²) < 4.78 is 44.2. The standard InChI is InChI=1S/C24H26N2O4.C18H20O4.C7H10N2O2S/c1-4-29-22(28)21(30-23-25-17(2)15-18(3)26-23)24(16-27,19-11-7-5-8-12-19)20-13-9-6-10-14-20;1-3-22-17(20)16(19)18(21-2,14-10-6-4-7-11-14)15-12-8-5-9-13-15;1-5-4-6(2)9-7(8-5)12(3,10)11/h5-15,21,27H,4,16H2,1-3H3;4-13,16,19H,3H2,1-2H3;4H,1-3H3/t21-;16-;/m11./s1. The summed E-state index contributed by atoms with van der Waals surface area (Å²) in [6, 6.07) is 40.6. The lowest BCUT2D eigenvalue weighted by Crippen LogP contribution is -2.52. The highest BCUT2D eigenvalue weighted by atomic mass is 32.2. The molecule has 0 fully saturated rings. The summed E-state index contributed by atoms with van der Waals surface area (Å²) in [6.45, 7) is 10.6. The Morgan fingerprint density at radius 3 is 1.31 bits per heavy atom. The van der Waals surface area contributed by atoms with Crippen molar-refractivity contribution >= 4 is 21.8 Å². The zero-order valence-electron chi connectivity index (χ0n) is 37.3. The Labute approximate surface area is 375 Å². The van der Waals surface area contributed by atoms with Crippen LogP contribution in [0.5, 0.6) is 6.01 Å². The zero-order valence-corrected chi connectivity index (χ0v) is 38.2. The van der Waals surface area contributed by atoms with Crippen molar-refractivity contribution in [1.82, 2.24) is 19.9 Å². The maximum Gasteiger partial charge on any atom is 0.348 e. The zero-order chi connectivity index (χ0) is 46.9. The van der Waals surface area contributed by atoms with Crippen molar-refractivity contribution in [3.05, 3.63) is 178 Å². The molecule has 4 aromatic carbocycles. The van der Waals surface area contributed by atoms with Crippen LogP contribution in [-0.4, -0.2) is 95.9 Å². The van der Waals surface area contributed by atoms with Crippen molar-refractivity contribution in [2.75, 3.05) is 33.2 Å². The Balaban J connectivity index is 0.000000230. The maximum atomic E-state index is 13.2. The van der Waals surface area contributed by atoms with Crippen molar-refractivity contribution in [3.63, 3.8) is 0 Å². The number of esters is 2. The maximum absolute atomic E-state index is 13.2. The minimum absolute atomic E-state index is 0.0650. The summed E-state index contributed by atoms with van der Waals surface area (Å²) >= 11 is 0. The third kappa shape index (κ3) is 12.4. The Morgan fingerprint density at radius 1 is 0.609 bits per heavy atom. The lowest BCUT2D eigenvalue weighted by Gasteiger charge is -2.38. The van der Waals surface area contributed by atoms with E-state index in [1.165, 1.54) is 7.11 Å². The van der Waals surface area contributed by atoms with Crippen LogP contribution in [0.3, 0.4) is 0 Å². The van der Waals surface area contributed by atoms with Gasteiger partial charge in [0.25, 0.3) is 0 Å². The second-order valence-corrected chi connectivity index (χ2v) is 16.5. The molecule has 2 heterocycles. The second-order valence-electron chi connectivity index (χ2n) is 14.6. The first-order chi connectivity index (χ1) is 30.6. The van der Waals surface area contributed by atoms with Crippen molar-refractivity contribution in [2.45, 2.75) is 69.9 Å². The molecular formula is C49H56N4O10S. The molecule has 338 valence electrons. The molecule has 14 nitrogen and oxygen atoms in total. The number of hydrogen-bond acceptors (Lipinski definition) is 14. The number of methoxy groups -OCH3 is 1. The van der Waals surface area contributed by atoms with Crippen LogP contribution < -0.4 is 4.74 Å². The molecule has 15 heteroatoms. The molecule has 0 aliphatic carbocycles. The number of aromatic nitrogens is 4. The van der Waals surface area contributed by atoms with Crippen LogP contribution in [0.25, 0.3) is 0 Å². The number of benzene rings is 4. The highest BCUT2D eigenvalue weighted by molar-refractivity contribution is 7.90. The van der Waals surface area contributed by atoms with E-state index in [1.807, 2.05) is 141 Å². The van der Waals surface area contributed by atoms with Gasteiger partial charge in [-0.2, -0.15) is 0 Å². The number of aryl methyl sites for hydroxylation is 4. The van der Waals surface area contributed by atoms with E-state index in [1.54, 1.807) is 33.8 Å². The van der Waals surface area contributed by atoms with Gasteiger partial charge in [0.1, 0.15) is 0 Å². The summed E-state index contributed by atoms with van der Waals surface area (Å²) in [5, 5.41) is 21.3. The fraction of sp³-hybridized carbons (Fsp3) is 0.306. The predicted molar refractivity (Wildman–Crippen MR) is 241 cm³/mol. The van der Waals surface area contributed by atoms with Crippen molar-refractivity contribution < 1.29 is 47.2 Å². The molecule has 2 aromatic heterocycles. The first kappa shape index (κ1) is 50.3. The van der Waals surface area contributed by atoms with Gasteiger partial charge in [0, 0.05) is 36.1 Å². The SMILES string of the molecule is CCOC(=O)[C@@H](O)C(OC)(c1ccccc1)c1ccccc1.CCOC(=O)[C@@H](Oc1nc(C)cc(C)n1)C(CO)(c1ccccc1)c1ccccc1.Cc1cc(C)nc(S(C)(=O)=O)n1. The molecule has 2 N–H and O–H groups in total. The molecule has 0 unspecified atom stereocenters. The molecule has 0 saturated carbocycles. The van der Waals surface area contributed by atoms with E-state index in [0.717, 1.165) is 17.4 Å². The average molecular weight is 893 g/mol. The topological polar surface area (TPSA) is 197 Å². The molecule has 6 aromatic rings. The van der Waals surface area contributed by atoms with Gasteiger partial charge >= 0.3 is 17.9 Å². The van der Waals surface area contributed by atoms with Gasteiger partial charge in [0.15, 0.2) is 11.7 Å². The summed E-state index contributed by atoms with van der Waals surface area (Å²) in [5.41, 5.74) is 3.06. The van der Waals surface area contributed by atoms with E-state index in [9.17, 15) is 28.2 Å². The van der Waals surface area contributed by atoms with Crippen LogP contribution in [0.1, 0.15) is 58.9 Å². The third-order valence-electron chi connectivity index (χ3n) is 9.88. The van der Waals surface area contributed by atoms with Crippen LogP contribution in [0.2, 0.25) is 0 Å². The van der Waals surface area contributed by atoms with Gasteiger partial charge < -0.3 is 29.2 Å². The molecule has 0 saturated heterocycles. The Kier molecular flexibility index (Phi) is 18.3. The van der Waals surface area contributed by atoms with E-state index in [2.05, 4.69) is 19.9 Å². The molecule has 0 radical (unpaired) electrons. The van der Waals surface area contributed by atoms with Crippen LogP contribution in [0.4, 0.5) is 0 Å². The highest BCUT2D eigenvalue weighted by Gasteiger charge is 2.49. The average Bonchev–Trinajstić information content (AvgIpc) is 3.28. The number of aliphatic hydroxyl groups excluding tert-OH is 2. The molecule has 0 aliphatic heterocycles. The van der Waals surface area contributed by atoms with E-state index in [0.29, 0.717) is 33.9 Å². The monoisotopic (exact) mass is 892 g/mol. The predicted octanol–water partition coefficient (Wildman–Crippen LogP) is 6.38. The molecule has 0 bridgehead atoms. The Morgan fingerprint density at radius 2 is 0.969 bits per heavy atom. The quantitative estimate of drug-likeness (QED) is 0.0851. The van der Waals surface area contributed by atoms with E-state index >= 15 is 0 Å². The van der Waals surface area contributed by atoms with Gasteiger partial charge in [0.2, 0.25) is 21.1 Å². The van der Waals surface area contributed by atoms with Gasteiger partial charge in [0.05, 0.1) is 25.2 Å². The lowest BCUT2D eigenvalue weighted by atomic mass is 9.70. The number of hydrogen-bond donors (Lipinski definition) is 2. The molecular weight excluding hydrogens is 837 g/mol. The minimum atomic E-state index is -3.27. The molecule has 0 spiro atoms. The van der Waals surface area contributed by atoms with Crippen LogP contribution in [0, 0.1) is 27.7 Å². The Hall–Kier alpha value is -6.39. The summed E-state index contributed by atoms with van der Waals surface area (Å²) in [7, 11) is -1.80. The minimum Gasteiger partial charge on any atom is -0.464 e. The fourth-order valence-electron chi connectivity index (χ4n) is 7.07. The van der Waals surface area contributed by atoms with Crippen LogP contribution in [0.15, 0.2) is 139 Å². The number of sulfone groups is 1. The molecule has 6 rings (SSSR count). The van der Waals surface area contributed by atoms with Gasteiger partial charge in [-0.3, -0.25) is 0 Å². The smallest absolute Gasteiger partial charge is 0.348 e. The van der Waals surface area contributed by atoms with E-state index in [-0.39, 0.29) is 31.0 Å². The first-order valence-corrected chi connectivity index (χ1v) is 22.4. The third-order valence-corrected chi connectivity index (χ3v) is 10.7. The highest BCUT2D eigenvalue weighted by Crippen LogP contribution is 2.39. The number of carbonyl (C=O) groups excluding carboxylic acids is 2. The second kappa shape index (κ2) is 23.3. The van der Waals surface area contributed by atoms with Gasteiger partial charge in [-0.05, 0) is 75.9 Å².